The predicted octanol–water partition coefficient (Wildman–Crippen LogP) is 9.60. The van der Waals surface area contributed by atoms with Crippen LogP contribution >= 0.6 is 0 Å². The van der Waals surface area contributed by atoms with Gasteiger partial charge in [0, 0.05) is 24.5 Å². The molecule has 208 valence electrons. The summed E-state index contributed by atoms with van der Waals surface area (Å²) >= 11 is 0. The summed E-state index contributed by atoms with van der Waals surface area (Å²) in [4.78, 5) is 6.52. The summed E-state index contributed by atoms with van der Waals surface area (Å²) in [6.45, 7) is 9.54. The van der Waals surface area contributed by atoms with Crippen molar-refractivity contribution >= 4 is 0 Å². The number of hydrogen-bond acceptors (Lipinski definition) is 2. The monoisotopic (exact) mass is 518 g/mol. The first kappa shape index (κ1) is 31.7. The molecule has 2 aliphatic carbocycles. The molecule has 3 heteroatoms. The van der Waals surface area contributed by atoms with Crippen molar-refractivity contribution in [1.29, 1.82) is 0 Å². The van der Waals surface area contributed by atoms with Gasteiger partial charge in [0.05, 0.1) is 0 Å². The average Bonchev–Trinajstić information content (AvgIpc) is 2.94. The normalized spacial score (nSPS) is 20.2. The molecule has 3 heterocycles. The Hall–Kier alpha value is -2.52. The van der Waals surface area contributed by atoms with Crippen molar-refractivity contribution in [3.63, 3.8) is 0 Å². The molecule has 38 heavy (non-hydrogen) atoms. The highest BCUT2D eigenvalue weighted by Gasteiger charge is 2.30. The van der Waals surface area contributed by atoms with Crippen molar-refractivity contribution in [2.75, 3.05) is 13.6 Å². The molecule has 3 aromatic rings. The van der Waals surface area contributed by atoms with E-state index in [1.807, 2.05) is 49.4 Å². The topological polar surface area (TPSA) is 16.1 Å². The van der Waals surface area contributed by atoms with Crippen molar-refractivity contribution in [2.45, 2.75) is 91.5 Å². The zero-order valence-corrected chi connectivity index (χ0v) is 24.6. The SMILES string of the molecule is CC1CCCCC1.CN1CC2CCC1CC2.Cc1ccccc1.Cc1ccccc1F.Cc1ccccn1. The van der Waals surface area contributed by atoms with Gasteiger partial charge in [0.2, 0.25) is 0 Å². The van der Waals surface area contributed by atoms with E-state index in [4.69, 9.17) is 0 Å². The van der Waals surface area contributed by atoms with Gasteiger partial charge in [-0.05, 0) is 89.1 Å². The number of rotatable bonds is 0. The molecule has 2 nitrogen and oxygen atoms in total. The van der Waals surface area contributed by atoms with E-state index in [9.17, 15) is 4.39 Å². The summed E-state index contributed by atoms with van der Waals surface area (Å²) in [5, 5.41) is 0. The van der Waals surface area contributed by atoms with E-state index in [0.29, 0.717) is 5.56 Å². The van der Waals surface area contributed by atoms with E-state index in [1.54, 1.807) is 25.3 Å². The maximum absolute atomic E-state index is 12.3. The largest absolute Gasteiger partial charge is 0.303 e. The van der Waals surface area contributed by atoms with E-state index in [2.05, 4.69) is 42.9 Å². The molecule has 0 unspecified atom stereocenters. The van der Waals surface area contributed by atoms with Crippen LogP contribution in [-0.4, -0.2) is 29.5 Å². The molecule has 0 radical (unpaired) electrons. The highest BCUT2D eigenvalue weighted by atomic mass is 19.1. The second-order valence-electron chi connectivity index (χ2n) is 11.2. The van der Waals surface area contributed by atoms with E-state index in [1.165, 1.54) is 76.0 Å². The van der Waals surface area contributed by atoms with Gasteiger partial charge in [0.15, 0.2) is 0 Å². The van der Waals surface area contributed by atoms with Crippen molar-refractivity contribution in [2.24, 2.45) is 11.8 Å². The van der Waals surface area contributed by atoms with Crippen LogP contribution in [0.2, 0.25) is 0 Å². The molecule has 2 bridgehead atoms. The molecule has 7 rings (SSSR count). The number of nitrogens with zero attached hydrogens (tertiary/aromatic N) is 2. The van der Waals surface area contributed by atoms with Gasteiger partial charge < -0.3 is 4.90 Å². The molecule has 0 atom stereocenters. The smallest absolute Gasteiger partial charge is 0.126 e. The minimum Gasteiger partial charge on any atom is -0.303 e. The van der Waals surface area contributed by atoms with Crippen LogP contribution in [0.4, 0.5) is 4.39 Å². The second-order valence-corrected chi connectivity index (χ2v) is 11.2. The van der Waals surface area contributed by atoms with Crippen LogP contribution in [-0.2, 0) is 0 Å². The van der Waals surface area contributed by atoms with Crippen LogP contribution in [0.1, 0.15) is 81.5 Å². The molecule has 2 saturated carbocycles. The molecule has 2 saturated heterocycles. The summed E-state index contributed by atoms with van der Waals surface area (Å²) in [6.07, 6.45) is 15.2. The van der Waals surface area contributed by atoms with Gasteiger partial charge in [-0.2, -0.15) is 0 Å². The molecule has 0 amide bonds. The third-order valence-corrected chi connectivity index (χ3v) is 7.71. The van der Waals surface area contributed by atoms with Crippen molar-refractivity contribution in [1.82, 2.24) is 9.88 Å². The van der Waals surface area contributed by atoms with Gasteiger partial charge in [-0.1, -0.05) is 99.2 Å². The Bertz CT molecular complexity index is 903. The Balaban J connectivity index is 0.000000168. The number of piperidine rings is 2. The first-order valence-corrected chi connectivity index (χ1v) is 14.7. The zero-order chi connectivity index (χ0) is 27.6. The maximum Gasteiger partial charge on any atom is 0.126 e. The summed E-state index contributed by atoms with van der Waals surface area (Å²) in [7, 11) is 2.27. The number of benzene rings is 2. The van der Waals surface area contributed by atoms with Crippen molar-refractivity contribution in [3.8, 4) is 0 Å². The van der Waals surface area contributed by atoms with Crippen molar-refractivity contribution < 1.29 is 4.39 Å². The van der Waals surface area contributed by atoms with E-state index in [-0.39, 0.29) is 5.82 Å². The number of hydrogen-bond donors (Lipinski definition) is 0. The Morgan fingerprint density at radius 3 is 1.61 bits per heavy atom. The number of aryl methyl sites for hydroxylation is 3. The average molecular weight is 519 g/mol. The number of pyridine rings is 1. The highest BCUT2D eigenvalue weighted by Crippen LogP contribution is 2.33. The third-order valence-electron chi connectivity index (χ3n) is 7.71. The van der Waals surface area contributed by atoms with Gasteiger partial charge in [0.25, 0.3) is 0 Å². The van der Waals surface area contributed by atoms with Crippen LogP contribution in [0.25, 0.3) is 0 Å². The lowest BCUT2D eigenvalue weighted by molar-refractivity contribution is 0.0727. The lowest BCUT2D eigenvalue weighted by atomic mass is 9.80. The third kappa shape index (κ3) is 13.9. The Kier molecular flexibility index (Phi) is 15.6. The number of fused-ring (bicyclic) bond motifs is 3. The van der Waals surface area contributed by atoms with E-state index >= 15 is 0 Å². The summed E-state index contributed by atoms with van der Waals surface area (Å²) in [5.41, 5.74) is 3.09. The van der Waals surface area contributed by atoms with Crippen LogP contribution in [0, 0.1) is 38.4 Å². The van der Waals surface area contributed by atoms with Gasteiger partial charge in [-0.25, -0.2) is 4.39 Å². The van der Waals surface area contributed by atoms with Crippen LogP contribution < -0.4 is 0 Å². The summed E-state index contributed by atoms with van der Waals surface area (Å²) in [5.74, 6) is 1.96. The molecule has 1 aromatic heterocycles. The predicted molar refractivity (Wildman–Crippen MR) is 162 cm³/mol. The molecular formula is C35H51FN2. The van der Waals surface area contributed by atoms with E-state index < -0.39 is 0 Å². The minimum atomic E-state index is -0.132. The fraction of sp³-hybridized carbons (Fsp3) is 0.514. The number of aromatic nitrogens is 1. The van der Waals surface area contributed by atoms with Crippen LogP contribution in [0.5, 0.6) is 0 Å². The van der Waals surface area contributed by atoms with Gasteiger partial charge >= 0.3 is 0 Å². The van der Waals surface area contributed by atoms with Gasteiger partial charge in [0.1, 0.15) is 5.82 Å². The summed E-state index contributed by atoms with van der Waals surface area (Å²) in [6, 6.07) is 23.8. The molecular weight excluding hydrogens is 467 g/mol. The zero-order valence-electron chi connectivity index (χ0n) is 24.6. The molecule has 2 aromatic carbocycles. The minimum absolute atomic E-state index is 0.132. The molecule has 4 fully saturated rings. The summed E-state index contributed by atoms with van der Waals surface area (Å²) < 4.78 is 12.3. The molecule has 4 aliphatic rings. The molecule has 0 spiro atoms. The fourth-order valence-corrected chi connectivity index (χ4v) is 5.16. The standard InChI is InChI=1S/C8H15N.C7H7F.C7H14.C7H8.C6H7N/c1-9-6-7-2-4-8(9)5-3-7;1-6-4-2-3-5-7(6)8;2*1-7-5-3-2-4-6-7;1-6-4-2-3-5-7-6/h7-8H,2-6H2,1H3;2-5H,1H3;7H,2-6H2,1H3;2-6H,1H3;2-5H,1H3. The Morgan fingerprint density at radius 2 is 1.32 bits per heavy atom. The van der Waals surface area contributed by atoms with Gasteiger partial charge in [-0.15, -0.1) is 0 Å². The second kappa shape index (κ2) is 18.7. The van der Waals surface area contributed by atoms with Crippen LogP contribution in [0.3, 0.4) is 0 Å². The lowest BCUT2D eigenvalue weighted by Gasteiger charge is -2.43. The quantitative estimate of drug-likeness (QED) is 0.294. The highest BCUT2D eigenvalue weighted by molar-refractivity contribution is 5.14. The lowest BCUT2D eigenvalue weighted by Crippen LogP contribution is -2.45. The maximum atomic E-state index is 12.3. The first-order valence-electron chi connectivity index (χ1n) is 14.7. The van der Waals surface area contributed by atoms with Gasteiger partial charge in [-0.3, -0.25) is 4.98 Å². The van der Waals surface area contributed by atoms with Crippen molar-refractivity contribution in [3.05, 3.63) is 102 Å². The number of halogens is 1. The van der Waals surface area contributed by atoms with E-state index in [0.717, 1.165) is 23.6 Å². The fourth-order valence-electron chi connectivity index (χ4n) is 5.16. The molecule has 0 N–H and O–H groups in total. The molecule has 2 aliphatic heterocycles. The Morgan fingerprint density at radius 1 is 0.711 bits per heavy atom. The Labute approximate surface area is 232 Å². The van der Waals surface area contributed by atoms with Crippen LogP contribution in [0.15, 0.2) is 79.0 Å². The first-order chi connectivity index (χ1) is 18.3.